The first-order valence-corrected chi connectivity index (χ1v) is 7.59. The Kier molecular flexibility index (Phi) is 4.13. The summed E-state index contributed by atoms with van der Waals surface area (Å²) in [7, 11) is 2.09. The molecule has 0 aromatic carbocycles. The minimum absolute atomic E-state index is 0.148. The van der Waals surface area contributed by atoms with Gasteiger partial charge in [-0.3, -0.25) is 9.78 Å². The molecule has 6 nitrogen and oxygen atoms in total. The van der Waals surface area contributed by atoms with Crippen molar-refractivity contribution in [3.8, 4) is 11.4 Å². The molecule has 0 unspecified atom stereocenters. The molecule has 1 fully saturated rings. The summed E-state index contributed by atoms with van der Waals surface area (Å²) in [6, 6.07) is 4.00. The third kappa shape index (κ3) is 2.84. The predicted molar refractivity (Wildman–Crippen MR) is 87.4 cm³/mol. The Morgan fingerprint density at radius 2 is 2.05 bits per heavy atom. The molecule has 116 valence electrons. The van der Waals surface area contributed by atoms with E-state index in [0.717, 1.165) is 25.2 Å². The molecule has 1 atom stereocenters. The van der Waals surface area contributed by atoms with Crippen LogP contribution >= 0.6 is 11.6 Å². The summed E-state index contributed by atoms with van der Waals surface area (Å²) >= 11 is 6.20. The van der Waals surface area contributed by atoms with E-state index in [0.29, 0.717) is 17.7 Å². The highest BCUT2D eigenvalue weighted by Gasteiger charge is 2.24. The van der Waals surface area contributed by atoms with Crippen LogP contribution in [0, 0.1) is 0 Å². The molecule has 22 heavy (non-hydrogen) atoms. The fraction of sp³-hybridized carbons (Fsp3) is 0.400. The summed E-state index contributed by atoms with van der Waals surface area (Å²) in [6.45, 7) is 4.66. The van der Waals surface area contributed by atoms with Gasteiger partial charge in [-0.25, -0.2) is 4.98 Å². The Morgan fingerprint density at radius 1 is 1.32 bits per heavy atom. The van der Waals surface area contributed by atoms with Gasteiger partial charge in [0.05, 0.1) is 0 Å². The molecule has 0 saturated carbocycles. The van der Waals surface area contributed by atoms with E-state index in [4.69, 9.17) is 11.6 Å². The molecule has 1 aliphatic rings. The maximum absolute atomic E-state index is 12.1. The zero-order valence-corrected chi connectivity index (χ0v) is 13.3. The number of nitrogens with zero attached hydrogens (tertiary/aromatic N) is 4. The number of pyridine rings is 1. The van der Waals surface area contributed by atoms with Crippen LogP contribution in [0.3, 0.4) is 0 Å². The van der Waals surface area contributed by atoms with E-state index in [1.807, 2.05) is 12.1 Å². The lowest BCUT2D eigenvalue weighted by molar-refractivity contribution is 0.233. The van der Waals surface area contributed by atoms with Gasteiger partial charge in [0, 0.05) is 43.6 Å². The van der Waals surface area contributed by atoms with Crippen molar-refractivity contribution >= 4 is 17.4 Å². The lowest BCUT2D eigenvalue weighted by Crippen LogP contribution is -2.50. The third-order valence-electron chi connectivity index (χ3n) is 4.06. The summed E-state index contributed by atoms with van der Waals surface area (Å²) in [4.78, 5) is 27.8. The molecule has 3 rings (SSSR count). The molecule has 1 aliphatic heterocycles. The van der Waals surface area contributed by atoms with E-state index >= 15 is 0 Å². The van der Waals surface area contributed by atoms with Gasteiger partial charge in [0.2, 0.25) is 0 Å². The van der Waals surface area contributed by atoms with Crippen LogP contribution in [0.25, 0.3) is 11.4 Å². The highest BCUT2D eigenvalue weighted by Crippen LogP contribution is 2.24. The standard InChI is InChI=1S/C15H18ClN5O/c1-10-9-21(8-7-20(10)2)14-12(16)15(22)19-13(18-14)11-3-5-17-6-4-11/h3-6,10H,7-9H2,1-2H3,(H,18,19,22)/t10-/m0/s1. The van der Waals surface area contributed by atoms with Crippen LogP contribution in [0.4, 0.5) is 5.82 Å². The van der Waals surface area contributed by atoms with Crippen molar-refractivity contribution in [3.05, 3.63) is 39.9 Å². The lowest BCUT2D eigenvalue weighted by atomic mass is 10.2. The Balaban J connectivity index is 2.01. The van der Waals surface area contributed by atoms with Crippen molar-refractivity contribution in [2.75, 3.05) is 31.6 Å². The van der Waals surface area contributed by atoms with Crippen molar-refractivity contribution in [2.45, 2.75) is 13.0 Å². The largest absolute Gasteiger partial charge is 0.352 e. The van der Waals surface area contributed by atoms with Crippen molar-refractivity contribution < 1.29 is 0 Å². The Morgan fingerprint density at radius 3 is 2.73 bits per heavy atom. The van der Waals surface area contributed by atoms with Gasteiger partial charge < -0.3 is 14.8 Å². The summed E-state index contributed by atoms with van der Waals surface area (Å²) < 4.78 is 0. The number of halogens is 1. The van der Waals surface area contributed by atoms with Gasteiger partial charge in [-0.1, -0.05) is 11.6 Å². The number of anilines is 1. The molecular formula is C15H18ClN5O. The SMILES string of the molecule is C[C@H]1CN(c2nc(-c3ccncc3)[nH]c(=O)c2Cl)CCN1C. The average Bonchev–Trinajstić information content (AvgIpc) is 2.53. The second kappa shape index (κ2) is 6.06. The average molecular weight is 320 g/mol. The van der Waals surface area contributed by atoms with Crippen LogP contribution in [-0.4, -0.2) is 52.6 Å². The molecule has 2 aromatic rings. The van der Waals surface area contributed by atoms with Crippen molar-refractivity contribution in [3.63, 3.8) is 0 Å². The number of aromatic nitrogens is 3. The minimum atomic E-state index is -0.315. The molecule has 0 bridgehead atoms. The van der Waals surface area contributed by atoms with Crippen molar-refractivity contribution in [2.24, 2.45) is 0 Å². The van der Waals surface area contributed by atoms with Crippen LogP contribution in [0.15, 0.2) is 29.3 Å². The van der Waals surface area contributed by atoms with E-state index in [2.05, 4.69) is 38.7 Å². The first kappa shape index (κ1) is 15.0. The fourth-order valence-electron chi connectivity index (χ4n) is 2.54. The van der Waals surface area contributed by atoms with Crippen LogP contribution in [0.5, 0.6) is 0 Å². The van der Waals surface area contributed by atoms with Gasteiger partial charge in [0.25, 0.3) is 5.56 Å². The smallest absolute Gasteiger partial charge is 0.272 e. The highest BCUT2D eigenvalue weighted by molar-refractivity contribution is 6.32. The van der Waals surface area contributed by atoms with Crippen LogP contribution < -0.4 is 10.5 Å². The fourth-order valence-corrected chi connectivity index (χ4v) is 2.75. The van der Waals surface area contributed by atoms with Crippen molar-refractivity contribution in [1.29, 1.82) is 0 Å². The first-order chi connectivity index (χ1) is 10.6. The Bertz CT molecular complexity index is 718. The zero-order valence-electron chi connectivity index (χ0n) is 12.6. The maximum Gasteiger partial charge on any atom is 0.272 e. The normalized spacial score (nSPS) is 19.4. The third-order valence-corrected chi connectivity index (χ3v) is 4.40. The maximum atomic E-state index is 12.1. The minimum Gasteiger partial charge on any atom is -0.352 e. The number of H-pyrrole nitrogens is 1. The number of piperazine rings is 1. The van der Waals surface area contributed by atoms with Crippen LogP contribution in [0.2, 0.25) is 5.02 Å². The van der Waals surface area contributed by atoms with Crippen LogP contribution in [0.1, 0.15) is 6.92 Å². The molecule has 1 N–H and O–H groups in total. The quantitative estimate of drug-likeness (QED) is 0.911. The number of hydrogen-bond donors (Lipinski definition) is 1. The lowest BCUT2D eigenvalue weighted by Gasteiger charge is -2.38. The predicted octanol–water partition coefficient (Wildman–Crippen LogP) is 1.63. The summed E-state index contributed by atoms with van der Waals surface area (Å²) in [5.41, 5.74) is 0.497. The number of hydrogen-bond acceptors (Lipinski definition) is 5. The van der Waals surface area contributed by atoms with E-state index in [1.165, 1.54) is 0 Å². The highest BCUT2D eigenvalue weighted by atomic mass is 35.5. The summed E-state index contributed by atoms with van der Waals surface area (Å²) in [5.74, 6) is 1.07. The van der Waals surface area contributed by atoms with E-state index in [1.54, 1.807) is 12.4 Å². The van der Waals surface area contributed by atoms with Gasteiger partial charge in [0.1, 0.15) is 10.8 Å². The van der Waals surface area contributed by atoms with Crippen LogP contribution in [-0.2, 0) is 0 Å². The Labute approximate surface area is 133 Å². The van der Waals surface area contributed by atoms with E-state index in [9.17, 15) is 4.79 Å². The number of likely N-dealkylation sites (N-methyl/N-ethyl adjacent to an activating group) is 1. The second-order valence-corrected chi connectivity index (χ2v) is 5.94. The first-order valence-electron chi connectivity index (χ1n) is 7.21. The molecule has 0 spiro atoms. The summed E-state index contributed by atoms with van der Waals surface area (Å²) in [6.07, 6.45) is 3.34. The topological polar surface area (TPSA) is 65.1 Å². The Hall–Kier alpha value is -1.92. The summed E-state index contributed by atoms with van der Waals surface area (Å²) in [5, 5.41) is 0.148. The molecular weight excluding hydrogens is 302 g/mol. The molecule has 0 radical (unpaired) electrons. The molecule has 0 amide bonds. The van der Waals surface area contributed by atoms with Gasteiger partial charge in [0.15, 0.2) is 5.82 Å². The van der Waals surface area contributed by atoms with Gasteiger partial charge in [-0.15, -0.1) is 0 Å². The molecule has 2 aromatic heterocycles. The van der Waals surface area contributed by atoms with Gasteiger partial charge in [-0.2, -0.15) is 0 Å². The molecule has 7 heteroatoms. The number of nitrogens with one attached hydrogen (secondary N) is 1. The molecule has 1 saturated heterocycles. The van der Waals surface area contributed by atoms with Gasteiger partial charge >= 0.3 is 0 Å². The van der Waals surface area contributed by atoms with Crippen molar-refractivity contribution in [1.82, 2.24) is 19.9 Å². The monoisotopic (exact) mass is 319 g/mol. The molecule has 0 aliphatic carbocycles. The van der Waals surface area contributed by atoms with E-state index in [-0.39, 0.29) is 10.6 Å². The van der Waals surface area contributed by atoms with Gasteiger partial charge in [-0.05, 0) is 26.1 Å². The number of aromatic amines is 1. The second-order valence-electron chi connectivity index (χ2n) is 5.56. The van der Waals surface area contributed by atoms with E-state index < -0.39 is 0 Å². The molecule has 3 heterocycles. The number of rotatable bonds is 2. The zero-order chi connectivity index (χ0) is 15.7.